The van der Waals surface area contributed by atoms with Crippen LogP contribution in [0.25, 0.3) is 10.9 Å². The van der Waals surface area contributed by atoms with E-state index in [0.29, 0.717) is 27.2 Å². The van der Waals surface area contributed by atoms with Gasteiger partial charge in [-0.25, -0.2) is 8.42 Å². The Morgan fingerprint density at radius 2 is 1.75 bits per heavy atom. The first-order chi connectivity index (χ1) is 13.4. The van der Waals surface area contributed by atoms with Gasteiger partial charge in [0.1, 0.15) is 4.90 Å². The molecule has 3 aromatic rings. The average molecular weight is 435 g/mol. The molecule has 4 nitrogen and oxygen atoms in total. The maximum atomic E-state index is 13.5. The van der Waals surface area contributed by atoms with Crippen LogP contribution in [0.3, 0.4) is 0 Å². The van der Waals surface area contributed by atoms with Gasteiger partial charge in [-0.2, -0.15) is 0 Å². The summed E-state index contributed by atoms with van der Waals surface area (Å²) >= 11 is 12.2. The minimum atomic E-state index is -3.78. The molecule has 0 unspecified atom stereocenters. The molecule has 1 fully saturated rings. The third-order valence-electron chi connectivity index (χ3n) is 5.26. The number of piperidine rings is 1. The van der Waals surface area contributed by atoms with Crippen molar-refractivity contribution in [1.82, 2.24) is 4.98 Å². The first kappa shape index (κ1) is 19.5. The van der Waals surface area contributed by atoms with Gasteiger partial charge >= 0.3 is 0 Å². The molecule has 7 heteroatoms. The van der Waals surface area contributed by atoms with Crippen molar-refractivity contribution in [2.45, 2.75) is 29.6 Å². The first-order valence-corrected chi connectivity index (χ1v) is 11.4. The van der Waals surface area contributed by atoms with Crippen LogP contribution in [0, 0.1) is 5.92 Å². The minimum absolute atomic E-state index is 0.168. The van der Waals surface area contributed by atoms with Gasteiger partial charge in [0.25, 0.3) is 0 Å². The number of aromatic nitrogens is 1. The van der Waals surface area contributed by atoms with Crippen LogP contribution in [0.2, 0.25) is 10.0 Å². The summed E-state index contributed by atoms with van der Waals surface area (Å²) in [6.07, 6.45) is 3.49. The molecule has 0 radical (unpaired) electrons. The Labute approximate surface area is 175 Å². The molecule has 1 aromatic heterocycles. The predicted molar refractivity (Wildman–Crippen MR) is 114 cm³/mol. The van der Waals surface area contributed by atoms with Gasteiger partial charge in [-0.1, -0.05) is 36.2 Å². The Hall–Kier alpha value is -1.82. The molecule has 1 aliphatic rings. The maximum Gasteiger partial charge on any atom is 0.210 e. The van der Waals surface area contributed by atoms with Gasteiger partial charge in [-0.3, -0.25) is 4.98 Å². The number of pyridine rings is 1. The lowest BCUT2D eigenvalue weighted by atomic mass is 9.98. The molecule has 0 bridgehead atoms. The zero-order chi connectivity index (χ0) is 19.9. The molecule has 4 rings (SSSR count). The molecule has 0 aliphatic carbocycles. The average Bonchev–Trinajstić information content (AvgIpc) is 2.67. The van der Waals surface area contributed by atoms with Gasteiger partial charge in [0, 0.05) is 34.7 Å². The smallest absolute Gasteiger partial charge is 0.210 e. The van der Waals surface area contributed by atoms with Crippen molar-refractivity contribution in [3.63, 3.8) is 0 Å². The van der Waals surface area contributed by atoms with Crippen LogP contribution in [-0.4, -0.2) is 26.5 Å². The van der Waals surface area contributed by atoms with E-state index < -0.39 is 9.84 Å². The van der Waals surface area contributed by atoms with Crippen LogP contribution in [0.5, 0.6) is 0 Å². The second kappa shape index (κ2) is 7.54. The summed E-state index contributed by atoms with van der Waals surface area (Å²) in [4.78, 5) is 6.94. The second-order valence-corrected chi connectivity index (χ2v) is 10.1. The fourth-order valence-corrected chi connectivity index (χ4v) is 5.55. The van der Waals surface area contributed by atoms with E-state index in [4.69, 9.17) is 23.2 Å². The standard InChI is InChI=1S/C21H20Cl2N2O2S/c1-14-7-9-25(10-8-14)21-18-6-5-16(23)12-19(18)24-13-20(21)28(26,27)17-4-2-3-15(22)11-17/h2-6,11-14H,7-10H2,1H3. The van der Waals surface area contributed by atoms with Crippen molar-refractivity contribution in [2.75, 3.05) is 18.0 Å². The van der Waals surface area contributed by atoms with Gasteiger partial charge in [0.2, 0.25) is 9.84 Å². The first-order valence-electron chi connectivity index (χ1n) is 9.20. The van der Waals surface area contributed by atoms with Gasteiger partial charge in [0.15, 0.2) is 0 Å². The number of benzene rings is 2. The summed E-state index contributed by atoms with van der Waals surface area (Å²) in [5, 5.41) is 1.75. The maximum absolute atomic E-state index is 13.5. The van der Waals surface area contributed by atoms with Gasteiger partial charge in [0.05, 0.1) is 16.1 Å². The molecule has 0 N–H and O–H groups in total. The molecule has 146 valence electrons. The van der Waals surface area contributed by atoms with E-state index in [1.165, 1.54) is 12.3 Å². The summed E-state index contributed by atoms with van der Waals surface area (Å²) in [6.45, 7) is 3.84. The van der Waals surface area contributed by atoms with Crippen molar-refractivity contribution in [1.29, 1.82) is 0 Å². The summed E-state index contributed by atoms with van der Waals surface area (Å²) in [5.41, 5.74) is 1.39. The number of fused-ring (bicyclic) bond motifs is 1. The minimum Gasteiger partial charge on any atom is -0.370 e. The SMILES string of the molecule is CC1CCN(c2c(S(=O)(=O)c3cccc(Cl)c3)cnc3cc(Cl)ccc23)CC1. The Balaban J connectivity index is 1.95. The Morgan fingerprint density at radius 1 is 1.04 bits per heavy atom. The van der Waals surface area contributed by atoms with Gasteiger partial charge in [-0.15, -0.1) is 0 Å². The van der Waals surface area contributed by atoms with Crippen molar-refractivity contribution in [3.8, 4) is 0 Å². The molecule has 0 spiro atoms. The van der Waals surface area contributed by atoms with E-state index in [1.807, 2.05) is 6.07 Å². The van der Waals surface area contributed by atoms with Crippen molar-refractivity contribution >= 4 is 49.6 Å². The zero-order valence-corrected chi connectivity index (χ0v) is 17.7. The molecule has 2 aromatic carbocycles. The number of anilines is 1. The van der Waals surface area contributed by atoms with Crippen LogP contribution < -0.4 is 4.90 Å². The molecule has 1 aliphatic heterocycles. The Kier molecular flexibility index (Phi) is 5.25. The third-order valence-corrected chi connectivity index (χ3v) is 7.49. The molecule has 0 saturated carbocycles. The van der Waals surface area contributed by atoms with E-state index in [-0.39, 0.29) is 9.79 Å². The monoisotopic (exact) mass is 434 g/mol. The molecular formula is C21H20Cl2N2O2S. The van der Waals surface area contributed by atoms with Crippen LogP contribution in [0.4, 0.5) is 5.69 Å². The van der Waals surface area contributed by atoms with E-state index in [9.17, 15) is 8.42 Å². The number of rotatable bonds is 3. The molecule has 0 atom stereocenters. The van der Waals surface area contributed by atoms with E-state index >= 15 is 0 Å². The van der Waals surface area contributed by atoms with Crippen LogP contribution >= 0.6 is 23.2 Å². The largest absolute Gasteiger partial charge is 0.370 e. The highest BCUT2D eigenvalue weighted by Gasteiger charge is 2.28. The van der Waals surface area contributed by atoms with Crippen molar-refractivity contribution < 1.29 is 8.42 Å². The highest BCUT2D eigenvalue weighted by atomic mass is 35.5. The van der Waals surface area contributed by atoms with Gasteiger partial charge in [-0.05, 0) is 55.2 Å². The van der Waals surface area contributed by atoms with E-state index in [0.717, 1.165) is 31.3 Å². The van der Waals surface area contributed by atoms with Crippen LogP contribution in [-0.2, 0) is 9.84 Å². The highest BCUT2D eigenvalue weighted by molar-refractivity contribution is 7.91. The van der Waals surface area contributed by atoms with Gasteiger partial charge < -0.3 is 4.90 Å². The fraction of sp³-hybridized carbons (Fsp3) is 0.286. The number of nitrogens with zero attached hydrogens (tertiary/aromatic N) is 2. The lowest BCUT2D eigenvalue weighted by Crippen LogP contribution is -2.34. The third kappa shape index (κ3) is 3.59. The lowest BCUT2D eigenvalue weighted by molar-refractivity contribution is 0.437. The number of hydrogen-bond donors (Lipinski definition) is 0. The highest BCUT2D eigenvalue weighted by Crippen LogP contribution is 2.38. The number of hydrogen-bond acceptors (Lipinski definition) is 4. The lowest BCUT2D eigenvalue weighted by Gasteiger charge is -2.34. The molecule has 2 heterocycles. The van der Waals surface area contributed by atoms with E-state index in [2.05, 4.69) is 16.8 Å². The predicted octanol–water partition coefficient (Wildman–Crippen LogP) is 5.61. The van der Waals surface area contributed by atoms with Crippen LogP contribution in [0.15, 0.2) is 58.5 Å². The molecule has 28 heavy (non-hydrogen) atoms. The molecule has 1 saturated heterocycles. The number of sulfone groups is 1. The number of halogens is 2. The fourth-order valence-electron chi connectivity index (χ4n) is 3.65. The second-order valence-electron chi connectivity index (χ2n) is 7.26. The summed E-state index contributed by atoms with van der Waals surface area (Å²) < 4.78 is 26.9. The van der Waals surface area contributed by atoms with E-state index in [1.54, 1.807) is 30.3 Å². The molecular weight excluding hydrogens is 415 g/mol. The van der Waals surface area contributed by atoms with Crippen molar-refractivity contribution in [2.24, 2.45) is 5.92 Å². The Bertz CT molecular complexity index is 1140. The topological polar surface area (TPSA) is 50.3 Å². The Morgan fingerprint density at radius 3 is 2.46 bits per heavy atom. The molecule has 0 amide bonds. The van der Waals surface area contributed by atoms with Crippen LogP contribution in [0.1, 0.15) is 19.8 Å². The quantitative estimate of drug-likeness (QED) is 0.537. The normalized spacial score (nSPS) is 15.9. The zero-order valence-electron chi connectivity index (χ0n) is 15.4. The summed E-state index contributed by atoms with van der Waals surface area (Å²) in [7, 11) is -3.78. The summed E-state index contributed by atoms with van der Waals surface area (Å²) in [6, 6.07) is 11.7. The van der Waals surface area contributed by atoms with Crippen molar-refractivity contribution in [3.05, 3.63) is 58.7 Å². The summed E-state index contributed by atoms with van der Waals surface area (Å²) in [5.74, 6) is 0.631.